The zero-order chi connectivity index (χ0) is 28.0. The van der Waals surface area contributed by atoms with Crippen LogP contribution in [0.1, 0.15) is 48.9 Å². The molecule has 3 N–H and O–H groups in total. The van der Waals surface area contributed by atoms with Crippen LogP contribution < -0.4 is 15.7 Å². The number of halogens is 1. The molecule has 1 rings (SSSR count). The van der Waals surface area contributed by atoms with Gasteiger partial charge in [0.05, 0.1) is 34.3 Å². The largest absolute Gasteiger partial charge is 0.362 e. The van der Waals surface area contributed by atoms with Gasteiger partial charge in [-0.15, -0.1) is 0 Å². The topological polar surface area (TPSA) is 211 Å². The van der Waals surface area contributed by atoms with E-state index in [4.69, 9.17) is 9.39 Å². The predicted octanol–water partition coefficient (Wildman–Crippen LogP) is 2.26. The zero-order valence-electron chi connectivity index (χ0n) is 20.2. The van der Waals surface area contributed by atoms with E-state index in [9.17, 15) is 38.2 Å². The second-order valence-corrected chi connectivity index (χ2v) is 10.3. The third kappa shape index (κ3) is 11.8. The van der Waals surface area contributed by atoms with Gasteiger partial charge in [0.15, 0.2) is 0 Å². The molecule has 0 radical (unpaired) electrons. The van der Waals surface area contributed by atoms with Crippen molar-refractivity contribution in [1.82, 2.24) is 10.8 Å². The normalized spacial score (nSPS) is 11.1. The van der Waals surface area contributed by atoms with Crippen molar-refractivity contribution in [1.29, 1.82) is 0 Å². The highest BCUT2D eigenvalue weighted by molar-refractivity contribution is 9.09. The Morgan fingerprint density at radius 2 is 1.73 bits per heavy atom. The molecule has 0 aliphatic carbocycles. The average molecular weight is 612 g/mol. The molecule has 208 valence electrons. The van der Waals surface area contributed by atoms with Gasteiger partial charge in [-0.3, -0.25) is 39.2 Å². The number of nitro groups is 2. The van der Waals surface area contributed by atoms with Gasteiger partial charge in [0, 0.05) is 37.5 Å². The molecule has 1 aromatic rings. The van der Waals surface area contributed by atoms with E-state index in [0.29, 0.717) is 24.6 Å². The van der Waals surface area contributed by atoms with Crippen molar-refractivity contribution in [2.24, 2.45) is 0 Å². The van der Waals surface area contributed by atoms with Crippen molar-refractivity contribution < 1.29 is 37.2 Å². The van der Waals surface area contributed by atoms with Crippen LogP contribution in [0.3, 0.4) is 0 Å². The lowest BCUT2D eigenvalue weighted by Gasteiger charge is -2.25. The fourth-order valence-corrected chi connectivity index (χ4v) is 4.19. The first kappa shape index (κ1) is 32.1. The van der Waals surface area contributed by atoms with Crippen LogP contribution in [0.5, 0.6) is 0 Å². The number of nitro benzene ring substituents is 2. The smallest absolute Gasteiger partial charge is 0.300 e. The summed E-state index contributed by atoms with van der Waals surface area (Å²) in [6.45, 7) is -0.200. The molecule has 0 aliphatic heterocycles. The summed E-state index contributed by atoms with van der Waals surface area (Å²) in [6, 6.07) is 1.70. The van der Waals surface area contributed by atoms with Gasteiger partial charge in [-0.2, -0.15) is 8.42 Å². The molecule has 0 spiro atoms. The summed E-state index contributed by atoms with van der Waals surface area (Å²) in [5.74, 6) is -1.23. The van der Waals surface area contributed by atoms with Crippen molar-refractivity contribution in [2.75, 3.05) is 42.7 Å². The molecule has 0 aromatic heterocycles. The fourth-order valence-electron chi connectivity index (χ4n) is 3.38. The lowest BCUT2D eigenvalue weighted by atomic mass is 10.1. The van der Waals surface area contributed by atoms with E-state index in [-0.39, 0.29) is 43.9 Å². The number of hydroxylamine groups is 1. The Labute approximate surface area is 222 Å². The number of anilines is 1. The minimum atomic E-state index is -3.79. The van der Waals surface area contributed by atoms with Crippen LogP contribution in [0, 0.1) is 20.2 Å². The van der Waals surface area contributed by atoms with Crippen LogP contribution >= 0.6 is 15.9 Å². The van der Waals surface area contributed by atoms with E-state index in [1.165, 1.54) is 4.90 Å². The number of benzene rings is 1. The fraction of sp³-hybridized carbons (Fsp3) is 0.600. The predicted molar refractivity (Wildman–Crippen MR) is 137 cm³/mol. The van der Waals surface area contributed by atoms with Gasteiger partial charge in [0.2, 0.25) is 5.91 Å². The van der Waals surface area contributed by atoms with Crippen molar-refractivity contribution >= 4 is 54.9 Å². The lowest BCUT2D eigenvalue weighted by molar-refractivity contribution is -0.393. The second kappa shape index (κ2) is 16.1. The standard InChI is InChI=1S/C20H30BrN5O10S/c1-37(34,35)36-12-11-24(10-8-21)19-16(13-15(25(30)31)14-17(19)26(32)33)20(28)22-9-6-4-2-3-5-7-18(27)23-29/h13-14,29H,2-12H2,1H3,(H,22,28)(H,23,27). The minimum Gasteiger partial charge on any atom is -0.362 e. The van der Waals surface area contributed by atoms with E-state index in [0.717, 1.165) is 31.2 Å². The van der Waals surface area contributed by atoms with E-state index >= 15 is 0 Å². The molecule has 1 aromatic carbocycles. The molecule has 0 fully saturated rings. The molecule has 15 nitrogen and oxygen atoms in total. The van der Waals surface area contributed by atoms with Crippen molar-refractivity contribution in [3.8, 4) is 0 Å². The molecule has 0 saturated heterocycles. The number of hydrogen-bond donors (Lipinski definition) is 3. The lowest BCUT2D eigenvalue weighted by Crippen LogP contribution is -2.34. The molecule has 0 saturated carbocycles. The van der Waals surface area contributed by atoms with E-state index in [1.807, 2.05) is 0 Å². The Hall–Kier alpha value is -2.89. The molecule has 0 heterocycles. The monoisotopic (exact) mass is 611 g/mol. The molecule has 37 heavy (non-hydrogen) atoms. The average Bonchev–Trinajstić information content (AvgIpc) is 2.83. The van der Waals surface area contributed by atoms with Crippen LogP contribution in [-0.2, 0) is 19.1 Å². The van der Waals surface area contributed by atoms with Crippen LogP contribution in [0.15, 0.2) is 12.1 Å². The van der Waals surface area contributed by atoms with E-state index < -0.39 is 43.2 Å². The maximum absolute atomic E-state index is 13.0. The highest BCUT2D eigenvalue weighted by Crippen LogP contribution is 2.36. The highest BCUT2D eigenvalue weighted by Gasteiger charge is 2.31. The van der Waals surface area contributed by atoms with Crippen LogP contribution in [0.4, 0.5) is 17.1 Å². The van der Waals surface area contributed by atoms with E-state index in [1.54, 1.807) is 5.48 Å². The molecule has 0 atom stereocenters. The number of nitrogens with one attached hydrogen (secondary N) is 2. The Kier molecular flexibility index (Phi) is 13.9. The number of rotatable bonds is 18. The first-order valence-corrected chi connectivity index (χ1v) is 14.2. The summed E-state index contributed by atoms with van der Waals surface area (Å²) in [5, 5.41) is 34.6. The third-order valence-corrected chi connectivity index (χ3v) is 6.00. The van der Waals surface area contributed by atoms with Crippen molar-refractivity contribution in [3.05, 3.63) is 37.9 Å². The number of alkyl halides is 1. The summed E-state index contributed by atoms with van der Waals surface area (Å²) < 4.78 is 27.4. The SMILES string of the molecule is CS(=O)(=O)OCCN(CCBr)c1c(C(=O)NCCCCCCCC(=O)NO)cc([N+](=O)[O-])cc1[N+](=O)[O-]. The summed E-state index contributed by atoms with van der Waals surface area (Å²) in [6.07, 6.45) is 4.40. The van der Waals surface area contributed by atoms with Gasteiger partial charge >= 0.3 is 0 Å². The van der Waals surface area contributed by atoms with Gasteiger partial charge < -0.3 is 10.2 Å². The molecule has 17 heteroatoms. The molecule has 2 amide bonds. The van der Waals surface area contributed by atoms with Crippen molar-refractivity contribution in [3.63, 3.8) is 0 Å². The number of carbonyl (C=O) groups is 2. The van der Waals surface area contributed by atoms with Gasteiger partial charge in [-0.05, 0) is 12.8 Å². The van der Waals surface area contributed by atoms with Gasteiger partial charge in [0.1, 0.15) is 5.69 Å². The molecular formula is C20H30BrN5O10S. The summed E-state index contributed by atoms with van der Waals surface area (Å²) in [7, 11) is -3.79. The number of hydrogen-bond acceptors (Lipinski definition) is 11. The summed E-state index contributed by atoms with van der Waals surface area (Å²) >= 11 is 3.21. The Balaban J connectivity index is 3.07. The first-order chi connectivity index (χ1) is 17.4. The second-order valence-electron chi connectivity index (χ2n) is 7.89. The van der Waals surface area contributed by atoms with Crippen LogP contribution in [0.25, 0.3) is 0 Å². The molecular weight excluding hydrogens is 582 g/mol. The van der Waals surface area contributed by atoms with Gasteiger partial charge in [0.25, 0.3) is 27.4 Å². The van der Waals surface area contributed by atoms with E-state index in [2.05, 4.69) is 21.2 Å². The van der Waals surface area contributed by atoms with Gasteiger partial charge in [-0.1, -0.05) is 35.2 Å². The third-order valence-electron chi connectivity index (χ3n) is 5.05. The first-order valence-electron chi connectivity index (χ1n) is 11.2. The summed E-state index contributed by atoms with van der Waals surface area (Å²) in [4.78, 5) is 46.9. The summed E-state index contributed by atoms with van der Waals surface area (Å²) in [5.41, 5.74) is -0.244. The minimum absolute atomic E-state index is 0.111. The van der Waals surface area contributed by atoms with Gasteiger partial charge in [-0.25, -0.2) is 5.48 Å². The number of carbonyl (C=O) groups excluding carboxylic acids is 2. The highest BCUT2D eigenvalue weighted by atomic mass is 79.9. The molecule has 0 aliphatic rings. The maximum atomic E-state index is 13.0. The Morgan fingerprint density at radius 1 is 1.08 bits per heavy atom. The number of non-ortho nitro benzene ring substituents is 1. The Morgan fingerprint density at radius 3 is 2.30 bits per heavy atom. The number of amides is 2. The number of unbranched alkanes of at least 4 members (excludes halogenated alkanes) is 4. The zero-order valence-corrected chi connectivity index (χ0v) is 22.6. The van der Waals surface area contributed by atoms with Crippen molar-refractivity contribution in [2.45, 2.75) is 38.5 Å². The van der Waals surface area contributed by atoms with Crippen LogP contribution in [0.2, 0.25) is 0 Å². The quantitative estimate of drug-likeness (QED) is 0.0546. The Bertz CT molecular complexity index is 1070. The van der Waals surface area contributed by atoms with Crippen LogP contribution in [-0.4, -0.2) is 73.1 Å². The molecule has 0 bridgehead atoms. The maximum Gasteiger partial charge on any atom is 0.300 e. The number of nitrogens with zero attached hydrogens (tertiary/aromatic N) is 3. The molecule has 0 unspecified atom stereocenters.